The molecule has 9 heteroatoms. The van der Waals surface area contributed by atoms with Crippen molar-refractivity contribution in [2.45, 2.75) is 10.6 Å². The van der Waals surface area contributed by atoms with Gasteiger partial charge in [-0.1, -0.05) is 23.7 Å². The van der Waals surface area contributed by atoms with Gasteiger partial charge in [0.1, 0.15) is 9.96 Å². The number of para-hydroxylation sites is 2. The summed E-state index contributed by atoms with van der Waals surface area (Å²) >= 11 is 6.71. The molecule has 6 nitrogen and oxygen atoms in total. The molecule has 2 aromatic rings. The zero-order valence-corrected chi connectivity index (χ0v) is 13.7. The van der Waals surface area contributed by atoms with E-state index in [-0.39, 0.29) is 22.9 Å². The molecular formula is C13H13ClN2O4S2. The molecule has 0 saturated heterocycles. The molecule has 0 bridgehead atoms. The summed E-state index contributed by atoms with van der Waals surface area (Å²) in [4.78, 5) is 10.7. The van der Waals surface area contributed by atoms with Gasteiger partial charge < -0.3 is 10.5 Å². The van der Waals surface area contributed by atoms with Crippen molar-refractivity contribution in [1.29, 1.82) is 0 Å². The number of benzene rings is 1. The summed E-state index contributed by atoms with van der Waals surface area (Å²) in [6, 6.07) is 9.45. The van der Waals surface area contributed by atoms with Crippen molar-refractivity contribution in [3.63, 3.8) is 0 Å². The maximum absolute atomic E-state index is 12.3. The SMILES string of the molecule is NC(=O)CCOc1ccccc1NS(=O)(=O)c1ccc(Cl)s1. The van der Waals surface area contributed by atoms with Crippen LogP contribution in [0.1, 0.15) is 6.42 Å². The van der Waals surface area contributed by atoms with Crippen LogP contribution in [0.5, 0.6) is 5.75 Å². The van der Waals surface area contributed by atoms with Crippen LogP contribution in [-0.4, -0.2) is 20.9 Å². The Morgan fingerprint density at radius 3 is 2.64 bits per heavy atom. The molecule has 0 aliphatic carbocycles. The summed E-state index contributed by atoms with van der Waals surface area (Å²) < 4.78 is 32.8. The third-order valence-electron chi connectivity index (χ3n) is 2.55. The van der Waals surface area contributed by atoms with Crippen molar-refractivity contribution in [2.75, 3.05) is 11.3 Å². The lowest BCUT2D eigenvalue weighted by Gasteiger charge is -2.12. The van der Waals surface area contributed by atoms with Gasteiger partial charge >= 0.3 is 0 Å². The minimum Gasteiger partial charge on any atom is -0.491 e. The van der Waals surface area contributed by atoms with E-state index >= 15 is 0 Å². The molecular weight excluding hydrogens is 348 g/mol. The number of halogens is 1. The molecule has 0 aliphatic heterocycles. The molecule has 2 rings (SSSR count). The Kier molecular flexibility index (Phi) is 5.28. The first-order chi connectivity index (χ1) is 10.4. The highest BCUT2D eigenvalue weighted by Gasteiger charge is 2.18. The second kappa shape index (κ2) is 6.99. The highest BCUT2D eigenvalue weighted by atomic mass is 35.5. The number of nitrogens with two attached hydrogens (primary N) is 1. The Balaban J connectivity index is 2.17. The van der Waals surface area contributed by atoms with Gasteiger partial charge in [-0.2, -0.15) is 0 Å². The zero-order chi connectivity index (χ0) is 16.2. The first-order valence-electron chi connectivity index (χ1n) is 6.17. The zero-order valence-electron chi connectivity index (χ0n) is 11.3. The Labute approximate surface area is 136 Å². The normalized spacial score (nSPS) is 11.1. The highest BCUT2D eigenvalue weighted by Crippen LogP contribution is 2.30. The van der Waals surface area contributed by atoms with Gasteiger partial charge in [-0.05, 0) is 24.3 Å². The second-order valence-electron chi connectivity index (χ2n) is 4.22. The van der Waals surface area contributed by atoms with E-state index in [1.54, 1.807) is 24.3 Å². The Hall–Kier alpha value is -1.77. The van der Waals surface area contributed by atoms with Crippen LogP contribution in [0.25, 0.3) is 0 Å². The Bertz CT molecular complexity index is 774. The fraction of sp³-hybridized carbons (Fsp3) is 0.154. The van der Waals surface area contributed by atoms with Crippen molar-refractivity contribution in [1.82, 2.24) is 0 Å². The van der Waals surface area contributed by atoms with Crippen LogP contribution in [0, 0.1) is 0 Å². The first kappa shape index (κ1) is 16.6. The van der Waals surface area contributed by atoms with E-state index in [0.29, 0.717) is 10.1 Å². The molecule has 118 valence electrons. The number of nitrogens with one attached hydrogen (secondary N) is 1. The summed E-state index contributed by atoms with van der Waals surface area (Å²) in [5.41, 5.74) is 5.31. The van der Waals surface area contributed by atoms with E-state index in [1.165, 1.54) is 12.1 Å². The molecule has 0 fully saturated rings. The molecule has 3 N–H and O–H groups in total. The highest BCUT2D eigenvalue weighted by molar-refractivity contribution is 7.94. The van der Waals surface area contributed by atoms with Crippen molar-refractivity contribution in [3.8, 4) is 5.75 Å². The Morgan fingerprint density at radius 1 is 1.27 bits per heavy atom. The van der Waals surface area contributed by atoms with Crippen molar-refractivity contribution in [3.05, 3.63) is 40.7 Å². The van der Waals surface area contributed by atoms with Crippen LogP contribution in [-0.2, 0) is 14.8 Å². The first-order valence-corrected chi connectivity index (χ1v) is 8.84. The van der Waals surface area contributed by atoms with E-state index in [4.69, 9.17) is 22.1 Å². The molecule has 0 spiro atoms. The van der Waals surface area contributed by atoms with Gasteiger partial charge in [-0.25, -0.2) is 8.42 Å². The monoisotopic (exact) mass is 360 g/mol. The molecule has 22 heavy (non-hydrogen) atoms. The van der Waals surface area contributed by atoms with E-state index in [0.717, 1.165) is 11.3 Å². The fourth-order valence-electron chi connectivity index (χ4n) is 1.58. The molecule has 1 aromatic heterocycles. The quantitative estimate of drug-likeness (QED) is 0.792. The number of amides is 1. The van der Waals surface area contributed by atoms with Crippen molar-refractivity contribution in [2.24, 2.45) is 5.73 Å². The number of carbonyl (C=O) groups is 1. The van der Waals surface area contributed by atoms with E-state index < -0.39 is 15.9 Å². The van der Waals surface area contributed by atoms with Gasteiger partial charge in [0.05, 0.1) is 23.1 Å². The Morgan fingerprint density at radius 2 is 2.00 bits per heavy atom. The van der Waals surface area contributed by atoms with Crippen LogP contribution < -0.4 is 15.2 Å². The van der Waals surface area contributed by atoms with Gasteiger partial charge in [-0.3, -0.25) is 9.52 Å². The average molecular weight is 361 g/mol. The number of ether oxygens (including phenoxy) is 1. The largest absolute Gasteiger partial charge is 0.491 e. The number of hydrogen-bond acceptors (Lipinski definition) is 5. The molecule has 1 amide bonds. The third-order valence-corrected chi connectivity index (χ3v) is 5.64. The second-order valence-corrected chi connectivity index (χ2v) is 7.85. The van der Waals surface area contributed by atoms with Crippen LogP contribution in [0.2, 0.25) is 4.34 Å². The number of thiophene rings is 1. The number of anilines is 1. The maximum atomic E-state index is 12.3. The fourth-order valence-corrected chi connectivity index (χ4v) is 4.13. The molecule has 1 heterocycles. The van der Waals surface area contributed by atoms with Crippen LogP contribution >= 0.6 is 22.9 Å². The van der Waals surface area contributed by atoms with Gasteiger partial charge in [0.2, 0.25) is 5.91 Å². The van der Waals surface area contributed by atoms with E-state index in [2.05, 4.69) is 4.72 Å². The minimum atomic E-state index is -3.74. The predicted molar refractivity (Wildman–Crippen MR) is 85.9 cm³/mol. The summed E-state index contributed by atoms with van der Waals surface area (Å²) in [5, 5.41) is 0. The lowest BCUT2D eigenvalue weighted by atomic mass is 10.3. The summed E-state index contributed by atoms with van der Waals surface area (Å²) in [5.74, 6) is -0.179. The standard InChI is InChI=1S/C13H13ClN2O4S2/c14-11-5-6-13(21-11)22(18,19)16-9-3-1-2-4-10(9)20-8-7-12(15)17/h1-6,16H,7-8H2,(H2,15,17). The summed E-state index contributed by atoms with van der Waals surface area (Å²) in [6.45, 7) is 0.0684. The maximum Gasteiger partial charge on any atom is 0.271 e. The topological polar surface area (TPSA) is 98.5 Å². The predicted octanol–water partition coefficient (Wildman–Crippen LogP) is 2.46. The number of rotatable bonds is 7. The van der Waals surface area contributed by atoms with E-state index in [9.17, 15) is 13.2 Å². The number of primary amides is 1. The molecule has 0 unspecified atom stereocenters. The van der Waals surface area contributed by atoms with Gasteiger partial charge in [0.25, 0.3) is 10.0 Å². The third kappa shape index (κ3) is 4.36. The number of carbonyl (C=O) groups excluding carboxylic acids is 1. The number of hydrogen-bond donors (Lipinski definition) is 2. The average Bonchev–Trinajstić information content (AvgIpc) is 2.87. The van der Waals surface area contributed by atoms with Crippen LogP contribution in [0.4, 0.5) is 5.69 Å². The lowest BCUT2D eigenvalue weighted by molar-refractivity contribution is -0.118. The van der Waals surface area contributed by atoms with Crippen LogP contribution in [0.15, 0.2) is 40.6 Å². The summed E-state index contributed by atoms with van der Waals surface area (Å²) in [7, 11) is -3.74. The molecule has 0 aliphatic rings. The molecule has 0 radical (unpaired) electrons. The van der Waals surface area contributed by atoms with Crippen molar-refractivity contribution >= 4 is 44.6 Å². The molecule has 0 atom stereocenters. The lowest BCUT2D eigenvalue weighted by Crippen LogP contribution is -2.16. The van der Waals surface area contributed by atoms with Gasteiger partial charge in [0.15, 0.2) is 0 Å². The van der Waals surface area contributed by atoms with Crippen LogP contribution in [0.3, 0.4) is 0 Å². The van der Waals surface area contributed by atoms with Gasteiger partial charge in [0, 0.05) is 0 Å². The van der Waals surface area contributed by atoms with Gasteiger partial charge in [-0.15, -0.1) is 11.3 Å². The molecule has 1 aromatic carbocycles. The minimum absolute atomic E-state index is 0.0433. The van der Waals surface area contributed by atoms with Crippen molar-refractivity contribution < 1.29 is 17.9 Å². The number of sulfonamides is 1. The smallest absolute Gasteiger partial charge is 0.271 e. The molecule has 0 saturated carbocycles. The van der Waals surface area contributed by atoms with E-state index in [1.807, 2.05) is 0 Å². The summed E-state index contributed by atoms with van der Waals surface area (Å²) in [6.07, 6.45) is 0.0433.